The number of ether oxygens (including phenoxy) is 2. The van der Waals surface area contributed by atoms with E-state index in [1.165, 1.54) is 9.82 Å². The van der Waals surface area contributed by atoms with E-state index in [4.69, 9.17) is 9.47 Å². The van der Waals surface area contributed by atoms with Gasteiger partial charge in [0.25, 0.3) is 5.70 Å². The van der Waals surface area contributed by atoms with Gasteiger partial charge in [0.1, 0.15) is 11.7 Å². The molecule has 0 radical (unpaired) electrons. The molecule has 8 heteroatoms. The number of morpholine rings is 2. The van der Waals surface area contributed by atoms with Crippen molar-refractivity contribution < 1.29 is 19.4 Å². The van der Waals surface area contributed by atoms with Gasteiger partial charge < -0.3 is 9.47 Å². The van der Waals surface area contributed by atoms with Crippen LogP contribution in [-0.2, 0) is 9.47 Å². The monoisotopic (exact) mass is 367 g/mol. The van der Waals surface area contributed by atoms with Crippen LogP contribution in [0.15, 0.2) is 11.4 Å². The molecule has 26 heavy (non-hydrogen) atoms. The highest BCUT2D eigenvalue weighted by molar-refractivity contribution is 5.14. The van der Waals surface area contributed by atoms with Crippen LogP contribution in [0.4, 0.5) is 0 Å². The standard InChI is InChI=1S/C18H31N4O4/c23-21-15-3-1-2-4-16(15)22(24)18(14-20-7-11-26-12-8-20)17(21)13-19-5-9-25-10-6-19/h15-16,23H,1-14H2/q+1/t15-,16+/m1/s1. The Morgan fingerprint density at radius 2 is 1.50 bits per heavy atom. The molecule has 146 valence electrons. The fourth-order valence-corrected chi connectivity index (χ4v) is 4.58. The lowest BCUT2D eigenvalue weighted by atomic mass is 9.87. The number of hydroxylamine groups is 2. The van der Waals surface area contributed by atoms with Crippen LogP contribution in [0.3, 0.4) is 0 Å². The smallest absolute Gasteiger partial charge is 0.269 e. The first-order valence-corrected chi connectivity index (χ1v) is 10.0. The molecular weight excluding hydrogens is 336 g/mol. The van der Waals surface area contributed by atoms with Crippen molar-refractivity contribution in [2.45, 2.75) is 37.8 Å². The molecule has 1 aliphatic carbocycles. The van der Waals surface area contributed by atoms with Crippen LogP contribution < -0.4 is 0 Å². The van der Waals surface area contributed by atoms with Gasteiger partial charge in [0.2, 0.25) is 6.04 Å². The summed E-state index contributed by atoms with van der Waals surface area (Å²) in [6, 6.07) is -0.205. The molecular formula is C18H31N4O4+. The van der Waals surface area contributed by atoms with Gasteiger partial charge in [0.05, 0.1) is 33.0 Å². The summed E-state index contributed by atoms with van der Waals surface area (Å²) in [4.78, 5) is 17.8. The lowest BCUT2D eigenvalue weighted by Gasteiger charge is -2.40. The number of nitroso groups, excluding NO2 is 1. The molecule has 0 unspecified atom stereocenters. The summed E-state index contributed by atoms with van der Waals surface area (Å²) in [5.41, 5.74) is 1.53. The highest BCUT2D eigenvalue weighted by atomic mass is 16.5. The molecule has 4 rings (SSSR count). The van der Waals surface area contributed by atoms with Crippen LogP contribution in [-0.4, -0.2) is 103 Å². The molecule has 1 saturated carbocycles. The van der Waals surface area contributed by atoms with Crippen molar-refractivity contribution in [1.82, 2.24) is 14.9 Å². The Hall–Kier alpha value is -1.06. The van der Waals surface area contributed by atoms with Gasteiger partial charge in [-0.15, -0.1) is 0 Å². The van der Waals surface area contributed by atoms with Gasteiger partial charge in [-0.05, 0) is 12.8 Å². The second kappa shape index (κ2) is 8.31. The molecule has 0 spiro atoms. The van der Waals surface area contributed by atoms with Crippen LogP contribution in [0.2, 0.25) is 0 Å². The van der Waals surface area contributed by atoms with Gasteiger partial charge >= 0.3 is 0 Å². The van der Waals surface area contributed by atoms with Crippen molar-refractivity contribution in [3.05, 3.63) is 16.3 Å². The lowest BCUT2D eigenvalue weighted by molar-refractivity contribution is -0.568. The molecule has 8 nitrogen and oxygen atoms in total. The molecule has 0 amide bonds. The Kier molecular flexibility index (Phi) is 5.85. The zero-order valence-corrected chi connectivity index (χ0v) is 15.5. The van der Waals surface area contributed by atoms with Crippen molar-refractivity contribution in [1.29, 1.82) is 0 Å². The molecule has 0 bridgehead atoms. The minimum absolute atomic E-state index is 0.0780. The molecule has 0 aromatic heterocycles. The predicted octanol–water partition coefficient (Wildman–Crippen LogP) is 0.657. The predicted molar refractivity (Wildman–Crippen MR) is 94.8 cm³/mol. The molecule has 4 aliphatic rings. The van der Waals surface area contributed by atoms with Crippen LogP contribution >= 0.6 is 0 Å². The molecule has 3 fully saturated rings. The summed E-state index contributed by atoms with van der Waals surface area (Å²) in [6.07, 6.45) is 3.90. The second-order valence-corrected chi connectivity index (χ2v) is 7.76. The fourth-order valence-electron chi connectivity index (χ4n) is 4.58. The van der Waals surface area contributed by atoms with E-state index in [-0.39, 0.29) is 12.1 Å². The minimum atomic E-state index is -0.127. The van der Waals surface area contributed by atoms with Crippen molar-refractivity contribution >= 4 is 0 Å². The number of hydrogen-bond acceptors (Lipinski definition) is 7. The van der Waals surface area contributed by atoms with Crippen LogP contribution in [0, 0.1) is 4.91 Å². The Balaban J connectivity index is 1.60. The van der Waals surface area contributed by atoms with Gasteiger partial charge in [-0.3, -0.25) is 15.0 Å². The Morgan fingerprint density at radius 3 is 2.15 bits per heavy atom. The average Bonchev–Trinajstić information content (AvgIpc) is 2.70. The van der Waals surface area contributed by atoms with E-state index in [1.54, 1.807) is 0 Å². The molecule has 3 aliphatic heterocycles. The van der Waals surface area contributed by atoms with E-state index in [9.17, 15) is 10.1 Å². The van der Waals surface area contributed by atoms with E-state index in [0.29, 0.717) is 39.5 Å². The topological polar surface area (TPSA) is 68.5 Å². The molecule has 2 saturated heterocycles. The van der Waals surface area contributed by atoms with Crippen molar-refractivity contribution in [3.8, 4) is 0 Å². The summed E-state index contributed by atoms with van der Waals surface area (Å²) >= 11 is 0. The Morgan fingerprint density at radius 1 is 0.923 bits per heavy atom. The third-order valence-electron chi connectivity index (χ3n) is 6.14. The summed E-state index contributed by atoms with van der Waals surface area (Å²) in [7, 11) is 0. The van der Waals surface area contributed by atoms with Crippen molar-refractivity contribution in [3.63, 3.8) is 0 Å². The maximum Gasteiger partial charge on any atom is 0.269 e. The second-order valence-electron chi connectivity index (χ2n) is 7.76. The van der Waals surface area contributed by atoms with Gasteiger partial charge in [0.15, 0.2) is 0 Å². The maximum absolute atomic E-state index is 13.3. The fraction of sp³-hybridized carbons (Fsp3) is 0.889. The molecule has 3 heterocycles. The first kappa shape index (κ1) is 18.3. The third kappa shape index (κ3) is 3.80. The molecule has 0 aromatic carbocycles. The Labute approximate surface area is 154 Å². The SMILES string of the molecule is O=[N+]1C(CN2CCOCC2)=C(CN2CCOCC2)N(O)[C@@H]2CCCC[C@@H]21. The van der Waals surface area contributed by atoms with Gasteiger partial charge in [-0.25, -0.2) is 5.06 Å². The summed E-state index contributed by atoms with van der Waals surface area (Å²) < 4.78 is 12.1. The Bertz CT molecular complexity index is 543. The summed E-state index contributed by atoms with van der Waals surface area (Å²) in [6.45, 7) is 7.40. The number of hydrogen-bond donors (Lipinski definition) is 1. The maximum atomic E-state index is 13.3. The van der Waals surface area contributed by atoms with Gasteiger partial charge in [-0.1, -0.05) is 6.42 Å². The van der Waals surface area contributed by atoms with Crippen LogP contribution in [0.1, 0.15) is 25.7 Å². The zero-order valence-electron chi connectivity index (χ0n) is 15.5. The van der Waals surface area contributed by atoms with Crippen LogP contribution in [0.25, 0.3) is 0 Å². The van der Waals surface area contributed by atoms with E-state index < -0.39 is 0 Å². The van der Waals surface area contributed by atoms with Crippen LogP contribution in [0.5, 0.6) is 0 Å². The average molecular weight is 367 g/mol. The number of fused-ring (bicyclic) bond motifs is 1. The van der Waals surface area contributed by atoms with Crippen molar-refractivity contribution in [2.24, 2.45) is 0 Å². The highest BCUT2D eigenvalue weighted by Gasteiger charge is 2.49. The molecule has 0 aromatic rings. The van der Waals surface area contributed by atoms with Gasteiger partial charge in [0, 0.05) is 48.8 Å². The third-order valence-corrected chi connectivity index (χ3v) is 6.14. The van der Waals surface area contributed by atoms with E-state index in [2.05, 4.69) is 9.80 Å². The quantitative estimate of drug-likeness (QED) is 0.732. The first-order chi connectivity index (χ1) is 12.7. The molecule has 2 atom stereocenters. The van der Waals surface area contributed by atoms with E-state index in [1.807, 2.05) is 0 Å². The first-order valence-electron chi connectivity index (χ1n) is 10.0. The normalized spacial score (nSPS) is 32.0. The van der Waals surface area contributed by atoms with E-state index >= 15 is 0 Å². The lowest BCUT2D eigenvalue weighted by Crippen LogP contribution is -2.56. The highest BCUT2D eigenvalue weighted by Crippen LogP contribution is 2.34. The summed E-state index contributed by atoms with van der Waals surface area (Å²) in [5.74, 6) is 0. The minimum Gasteiger partial charge on any atom is -0.379 e. The van der Waals surface area contributed by atoms with E-state index in [0.717, 1.165) is 63.3 Å². The number of rotatable bonds is 4. The van der Waals surface area contributed by atoms with Crippen molar-refractivity contribution in [2.75, 3.05) is 65.7 Å². The van der Waals surface area contributed by atoms with Gasteiger partial charge in [-0.2, -0.15) is 0 Å². The number of nitrogens with zero attached hydrogens (tertiary/aromatic N) is 4. The summed E-state index contributed by atoms with van der Waals surface area (Å²) in [5, 5.41) is 12.5. The largest absolute Gasteiger partial charge is 0.379 e. The molecule has 1 N–H and O–H groups in total. The zero-order chi connectivity index (χ0) is 17.9.